The summed E-state index contributed by atoms with van der Waals surface area (Å²) in [6, 6.07) is 8.13. The van der Waals surface area contributed by atoms with E-state index >= 15 is 0 Å². The molecule has 0 unspecified atom stereocenters. The first-order valence-electron chi connectivity index (χ1n) is 6.76. The zero-order valence-corrected chi connectivity index (χ0v) is 11.8. The number of benzene rings is 2. The van der Waals surface area contributed by atoms with Crippen LogP contribution in [0.4, 0.5) is 14.5 Å². The molecule has 1 aliphatic rings. The van der Waals surface area contributed by atoms with E-state index in [1.165, 1.54) is 36.4 Å². The minimum Gasteiger partial charge on any atom is -0.478 e. The minimum absolute atomic E-state index is 0.0552. The molecule has 1 amide bonds. The molecule has 2 aromatic carbocycles. The van der Waals surface area contributed by atoms with Crippen molar-refractivity contribution < 1.29 is 23.1 Å². The lowest BCUT2D eigenvalue weighted by Gasteiger charge is -2.19. The molecule has 1 heterocycles. The summed E-state index contributed by atoms with van der Waals surface area (Å²) < 4.78 is 32.0. The lowest BCUT2D eigenvalue weighted by Crippen LogP contribution is -2.26. The molecule has 116 valence electrons. The van der Waals surface area contributed by atoms with E-state index in [-0.39, 0.29) is 29.2 Å². The molecule has 6 heteroatoms. The van der Waals surface area contributed by atoms with Gasteiger partial charge >= 0.3 is 0 Å². The Balaban J connectivity index is 2.03. The number of fused-ring (bicyclic) bond motifs is 1. The van der Waals surface area contributed by atoms with Crippen LogP contribution >= 0.6 is 0 Å². The van der Waals surface area contributed by atoms with E-state index in [9.17, 15) is 18.4 Å². The number of ether oxygens (including phenoxy) is 1. The van der Waals surface area contributed by atoms with Gasteiger partial charge in [0.1, 0.15) is 5.82 Å². The Morgan fingerprint density at radius 2 is 1.91 bits per heavy atom. The minimum atomic E-state index is -0.677. The summed E-state index contributed by atoms with van der Waals surface area (Å²) in [5.74, 6) is -1.52. The molecule has 2 aromatic rings. The number of rotatable bonds is 3. The Hall–Kier alpha value is -3.02. The SMILES string of the molecule is O=C/C(=C\c1ccc(F)cc1)c1cc(F)c2c(c1)NC(=O)CO2. The van der Waals surface area contributed by atoms with Crippen LogP contribution in [0.15, 0.2) is 36.4 Å². The van der Waals surface area contributed by atoms with Gasteiger partial charge in [-0.15, -0.1) is 0 Å². The van der Waals surface area contributed by atoms with E-state index in [0.29, 0.717) is 11.8 Å². The molecule has 0 bridgehead atoms. The molecule has 3 rings (SSSR count). The van der Waals surface area contributed by atoms with Gasteiger partial charge in [0.05, 0.1) is 5.69 Å². The predicted molar refractivity (Wildman–Crippen MR) is 80.9 cm³/mol. The van der Waals surface area contributed by atoms with Crippen LogP contribution in [0.1, 0.15) is 11.1 Å². The summed E-state index contributed by atoms with van der Waals surface area (Å²) >= 11 is 0. The van der Waals surface area contributed by atoms with Crippen molar-refractivity contribution in [1.82, 2.24) is 0 Å². The van der Waals surface area contributed by atoms with Crippen molar-refractivity contribution in [2.75, 3.05) is 11.9 Å². The fourth-order valence-electron chi connectivity index (χ4n) is 2.25. The second-order valence-electron chi connectivity index (χ2n) is 4.94. The molecule has 0 aliphatic carbocycles. The van der Waals surface area contributed by atoms with Crippen molar-refractivity contribution in [1.29, 1.82) is 0 Å². The first kappa shape index (κ1) is 14.9. The molecule has 4 nitrogen and oxygen atoms in total. The van der Waals surface area contributed by atoms with Crippen molar-refractivity contribution in [3.05, 3.63) is 59.2 Å². The molecular weight excluding hydrogens is 304 g/mol. The van der Waals surface area contributed by atoms with Crippen LogP contribution in [-0.4, -0.2) is 18.8 Å². The molecule has 23 heavy (non-hydrogen) atoms. The Bertz CT molecular complexity index is 813. The topological polar surface area (TPSA) is 55.4 Å². The highest BCUT2D eigenvalue weighted by molar-refractivity contribution is 6.14. The molecule has 1 aliphatic heterocycles. The number of carbonyl (C=O) groups excluding carboxylic acids is 2. The van der Waals surface area contributed by atoms with Gasteiger partial charge in [0, 0.05) is 5.57 Å². The lowest BCUT2D eigenvalue weighted by molar-refractivity contribution is -0.118. The highest BCUT2D eigenvalue weighted by Gasteiger charge is 2.21. The van der Waals surface area contributed by atoms with Crippen molar-refractivity contribution in [3.8, 4) is 5.75 Å². The number of halogens is 2. The second kappa shape index (κ2) is 6.00. The Morgan fingerprint density at radius 1 is 1.17 bits per heavy atom. The summed E-state index contributed by atoms with van der Waals surface area (Å²) in [5.41, 5.74) is 1.24. The zero-order chi connectivity index (χ0) is 16.4. The van der Waals surface area contributed by atoms with Crippen molar-refractivity contribution in [2.45, 2.75) is 0 Å². The number of aldehydes is 1. The molecule has 0 spiro atoms. The van der Waals surface area contributed by atoms with E-state index in [1.807, 2.05) is 0 Å². The smallest absolute Gasteiger partial charge is 0.262 e. The molecule has 1 N–H and O–H groups in total. The van der Waals surface area contributed by atoms with Gasteiger partial charge in [0.25, 0.3) is 5.91 Å². The third-order valence-electron chi connectivity index (χ3n) is 3.32. The molecular formula is C17H11F2NO3. The van der Waals surface area contributed by atoms with Gasteiger partial charge in [0.15, 0.2) is 24.5 Å². The highest BCUT2D eigenvalue weighted by Crippen LogP contribution is 2.34. The van der Waals surface area contributed by atoms with Crippen LogP contribution in [-0.2, 0) is 9.59 Å². The normalized spacial score (nSPS) is 13.8. The Labute approximate surface area is 130 Å². The van der Waals surface area contributed by atoms with Gasteiger partial charge in [-0.2, -0.15) is 0 Å². The number of anilines is 1. The van der Waals surface area contributed by atoms with E-state index in [0.717, 1.165) is 6.07 Å². The Kier molecular flexibility index (Phi) is 3.89. The van der Waals surface area contributed by atoms with Gasteiger partial charge in [-0.1, -0.05) is 12.1 Å². The van der Waals surface area contributed by atoms with Crippen LogP contribution in [0.25, 0.3) is 11.6 Å². The molecule has 0 aromatic heterocycles. The molecule has 0 fully saturated rings. The van der Waals surface area contributed by atoms with Crippen molar-refractivity contribution >= 4 is 29.5 Å². The summed E-state index contributed by atoms with van der Waals surface area (Å²) in [4.78, 5) is 22.7. The van der Waals surface area contributed by atoms with Gasteiger partial charge in [-0.25, -0.2) is 8.78 Å². The van der Waals surface area contributed by atoms with E-state index in [2.05, 4.69) is 5.32 Å². The molecule has 0 saturated heterocycles. The predicted octanol–water partition coefficient (Wildman–Crippen LogP) is 3.04. The standard InChI is InChI=1S/C17H11F2NO3/c18-13-3-1-10(2-4-13)5-12(8-21)11-6-14(19)17-15(7-11)20-16(22)9-23-17/h1-8H,9H2,(H,20,22)/b12-5+. The third-order valence-corrected chi connectivity index (χ3v) is 3.32. The number of nitrogens with one attached hydrogen (secondary N) is 1. The highest BCUT2D eigenvalue weighted by atomic mass is 19.1. The van der Waals surface area contributed by atoms with Crippen LogP contribution in [0.2, 0.25) is 0 Å². The summed E-state index contributed by atoms with van der Waals surface area (Å²) in [6.45, 7) is -0.255. The first-order valence-corrected chi connectivity index (χ1v) is 6.76. The molecule has 0 radical (unpaired) electrons. The van der Waals surface area contributed by atoms with Crippen molar-refractivity contribution in [2.24, 2.45) is 0 Å². The fraction of sp³-hybridized carbons (Fsp3) is 0.0588. The average Bonchev–Trinajstić information content (AvgIpc) is 2.53. The Morgan fingerprint density at radius 3 is 2.61 bits per heavy atom. The molecule has 0 saturated carbocycles. The number of allylic oxidation sites excluding steroid dienone is 1. The van der Waals surface area contributed by atoms with Gasteiger partial charge in [-0.3, -0.25) is 9.59 Å². The van der Waals surface area contributed by atoms with Gasteiger partial charge in [-0.05, 0) is 41.5 Å². The maximum absolute atomic E-state index is 14.1. The third kappa shape index (κ3) is 3.11. The van der Waals surface area contributed by atoms with Crippen LogP contribution in [0.5, 0.6) is 5.75 Å². The number of carbonyl (C=O) groups is 2. The average molecular weight is 315 g/mol. The maximum Gasteiger partial charge on any atom is 0.262 e. The first-order chi connectivity index (χ1) is 11.1. The van der Waals surface area contributed by atoms with E-state index in [1.54, 1.807) is 0 Å². The maximum atomic E-state index is 14.1. The number of hydrogen-bond donors (Lipinski definition) is 1. The van der Waals surface area contributed by atoms with E-state index in [4.69, 9.17) is 4.74 Å². The number of hydrogen-bond acceptors (Lipinski definition) is 3. The van der Waals surface area contributed by atoms with Gasteiger partial charge in [0.2, 0.25) is 0 Å². The summed E-state index contributed by atoms with van der Waals surface area (Å²) in [6.07, 6.45) is 2.06. The van der Waals surface area contributed by atoms with Crippen LogP contribution < -0.4 is 10.1 Å². The quantitative estimate of drug-likeness (QED) is 0.538. The van der Waals surface area contributed by atoms with E-state index < -0.39 is 17.5 Å². The van der Waals surface area contributed by atoms with Crippen LogP contribution in [0.3, 0.4) is 0 Å². The summed E-state index contributed by atoms with van der Waals surface area (Å²) in [5, 5.41) is 2.49. The second-order valence-corrected chi connectivity index (χ2v) is 4.94. The number of amides is 1. The largest absolute Gasteiger partial charge is 0.478 e. The van der Waals surface area contributed by atoms with Crippen molar-refractivity contribution in [3.63, 3.8) is 0 Å². The molecule has 0 atom stereocenters. The zero-order valence-electron chi connectivity index (χ0n) is 11.8. The van der Waals surface area contributed by atoms with Gasteiger partial charge < -0.3 is 10.1 Å². The fourth-order valence-corrected chi connectivity index (χ4v) is 2.25. The monoisotopic (exact) mass is 315 g/mol. The lowest BCUT2D eigenvalue weighted by atomic mass is 10.0. The van der Waals surface area contributed by atoms with Crippen LogP contribution in [0, 0.1) is 11.6 Å². The summed E-state index contributed by atoms with van der Waals surface area (Å²) in [7, 11) is 0.